The standard InChI is InChI=1S/C12H14FNO2/c1-2-16-12(15)11-6-9-5-10(13)4-3-8(9)7-14-11/h3-5,11,14H,2,6-7H2,1H3/t11-/m1/s1. The molecule has 0 saturated heterocycles. The van der Waals surface area contributed by atoms with Crippen molar-refractivity contribution in [3.8, 4) is 0 Å². The number of ether oxygens (including phenoxy) is 1. The maximum absolute atomic E-state index is 13.0. The summed E-state index contributed by atoms with van der Waals surface area (Å²) in [7, 11) is 0. The Kier molecular flexibility index (Phi) is 3.19. The van der Waals surface area contributed by atoms with E-state index in [4.69, 9.17) is 4.74 Å². The molecule has 1 aliphatic rings. The van der Waals surface area contributed by atoms with E-state index in [-0.39, 0.29) is 17.8 Å². The number of halogens is 1. The van der Waals surface area contributed by atoms with Crippen LogP contribution in [0.1, 0.15) is 18.1 Å². The lowest BCUT2D eigenvalue weighted by atomic mass is 9.96. The van der Waals surface area contributed by atoms with Gasteiger partial charge in [0.25, 0.3) is 0 Å². The van der Waals surface area contributed by atoms with Crippen molar-refractivity contribution in [2.75, 3.05) is 6.61 Å². The van der Waals surface area contributed by atoms with Gasteiger partial charge < -0.3 is 10.1 Å². The van der Waals surface area contributed by atoms with Crippen molar-refractivity contribution in [3.05, 3.63) is 35.1 Å². The Morgan fingerprint density at radius 3 is 3.12 bits per heavy atom. The smallest absolute Gasteiger partial charge is 0.323 e. The summed E-state index contributed by atoms with van der Waals surface area (Å²) in [5.41, 5.74) is 1.93. The van der Waals surface area contributed by atoms with Gasteiger partial charge in [0.1, 0.15) is 11.9 Å². The Bertz CT molecular complexity index is 406. The molecule has 2 rings (SSSR count). The van der Waals surface area contributed by atoms with Crippen molar-refractivity contribution in [3.63, 3.8) is 0 Å². The fourth-order valence-corrected chi connectivity index (χ4v) is 1.89. The Morgan fingerprint density at radius 1 is 1.56 bits per heavy atom. The van der Waals surface area contributed by atoms with Gasteiger partial charge >= 0.3 is 5.97 Å². The van der Waals surface area contributed by atoms with E-state index in [1.807, 2.05) is 0 Å². The molecule has 3 nitrogen and oxygen atoms in total. The highest BCUT2D eigenvalue weighted by molar-refractivity contribution is 5.76. The summed E-state index contributed by atoms with van der Waals surface area (Å²) in [6, 6.07) is 4.32. The van der Waals surface area contributed by atoms with Gasteiger partial charge in [-0.1, -0.05) is 6.07 Å². The zero-order valence-electron chi connectivity index (χ0n) is 9.13. The minimum absolute atomic E-state index is 0.261. The van der Waals surface area contributed by atoms with Gasteiger partial charge in [-0.2, -0.15) is 0 Å². The van der Waals surface area contributed by atoms with E-state index in [1.54, 1.807) is 13.0 Å². The zero-order valence-corrected chi connectivity index (χ0v) is 9.13. The Morgan fingerprint density at radius 2 is 2.38 bits per heavy atom. The average Bonchev–Trinajstić information content (AvgIpc) is 2.28. The summed E-state index contributed by atoms with van der Waals surface area (Å²) < 4.78 is 18.0. The van der Waals surface area contributed by atoms with E-state index in [9.17, 15) is 9.18 Å². The van der Waals surface area contributed by atoms with E-state index in [0.29, 0.717) is 19.6 Å². The van der Waals surface area contributed by atoms with Crippen LogP contribution in [0.15, 0.2) is 18.2 Å². The SMILES string of the molecule is CCOC(=O)[C@H]1Cc2cc(F)ccc2CN1. The van der Waals surface area contributed by atoms with E-state index < -0.39 is 0 Å². The van der Waals surface area contributed by atoms with Crippen LogP contribution in [0, 0.1) is 5.82 Å². The molecule has 16 heavy (non-hydrogen) atoms. The van der Waals surface area contributed by atoms with Crippen molar-refractivity contribution in [2.24, 2.45) is 0 Å². The first-order valence-electron chi connectivity index (χ1n) is 5.38. The molecule has 86 valence electrons. The zero-order chi connectivity index (χ0) is 11.5. The third-order valence-electron chi connectivity index (χ3n) is 2.70. The first-order valence-corrected chi connectivity index (χ1v) is 5.38. The number of fused-ring (bicyclic) bond motifs is 1. The number of hydrogen-bond acceptors (Lipinski definition) is 3. The minimum Gasteiger partial charge on any atom is -0.465 e. The topological polar surface area (TPSA) is 38.3 Å². The Hall–Kier alpha value is -1.42. The van der Waals surface area contributed by atoms with E-state index in [1.165, 1.54) is 12.1 Å². The lowest BCUT2D eigenvalue weighted by molar-refractivity contribution is -0.145. The van der Waals surface area contributed by atoms with Gasteiger partial charge in [-0.25, -0.2) is 4.39 Å². The first kappa shape index (κ1) is 11.1. The fraction of sp³-hybridized carbons (Fsp3) is 0.417. The fourth-order valence-electron chi connectivity index (χ4n) is 1.89. The number of hydrogen-bond donors (Lipinski definition) is 1. The Labute approximate surface area is 93.6 Å². The summed E-state index contributed by atoms with van der Waals surface area (Å²) in [5, 5.41) is 3.08. The highest BCUT2D eigenvalue weighted by atomic mass is 19.1. The van der Waals surface area contributed by atoms with E-state index in [0.717, 1.165) is 11.1 Å². The second-order valence-electron chi connectivity index (χ2n) is 3.80. The second kappa shape index (κ2) is 4.61. The molecule has 1 atom stereocenters. The number of carbonyl (C=O) groups is 1. The molecule has 0 aromatic heterocycles. The summed E-state index contributed by atoms with van der Waals surface area (Å²) in [4.78, 5) is 11.5. The van der Waals surface area contributed by atoms with Crippen molar-refractivity contribution >= 4 is 5.97 Å². The van der Waals surface area contributed by atoms with Gasteiger partial charge in [0, 0.05) is 6.54 Å². The van der Waals surface area contributed by atoms with Crippen LogP contribution in [0.5, 0.6) is 0 Å². The first-order chi connectivity index (χ1) is 7.70. The van der Waals surface area contributed by atoms with Gasteiger partial charge in [0.2, 0.25) is 0 Å². The maximum atomic E-state index is 13.0. The largest absolute Gasteiger partial charge is 0.465 e. The highest BCUT2D eigenvalue weighted by Gasteiger charge is 2.25. The van der Waals surface area contributed by atoms with Gasteiger partial charge in [0.05, 0.1) is 6.61 Å². The van der Waals surface area contributed by atoms with E-state index >= 15 is 0 Å². The van der Waals surface area contributed by atoms with E-state index in [2.05, 4.69) is 5.32 Å². The molecule has 0 aliphatic carbocycles. The van der Waals surface area contributed by atoms with Crippen molar-refractivity contribution in [1.82, 2.24) is 5.32 Å². The maximum Gasteiger partial charge on any atom is 0.323 e. The van der Waals surface area contributed by atoms with Crippen LogP contribution >= 0.6 is 0 Å². The van der Waals surface area contributed by atoms with Crippen molar-refractivity contribution < 1.29 is 13.9 Å². The van der Waals surface area contributed by atoms with Crippen LogP contribution in [0.2, 0.25) is 0 Å². The molecule has 0 bridgehead atoms. The van der Waals surface area contributed by atoms with Crippen molar-refractivity contribution in [2.45, 2.75) is 25.9 Å². The number of rotatable bonds is 2. The number of carbonyl (C=O) groups excluding carboxylic acids is 1. The van der Waals surface area contributed by atoms with Crippen LogP contribution in [-0.2, 0) is 22.5 Å². The van der Waals surface area contributed by atoms with Crippen LogP contribution in [0.4, 0.5) is 4.39 Å². The lowest BCUT2D eigenvalue weighted by Gasteiger charge is -2.24. The molecule has 1 aromatic carbocycles. The minimum atomic E-state index is -0.353. The predicted octanol–water partition coefficient (Wildman–Crippen LogP) is 1.40. The van der Waals surface area contributed by atoms with Gasteiger partial charge in [0.15, 0.2) is 0 Å². The van der Waals surface area contributed by atoms with Crippen LogP contribution < -0.4 is 5.32 Å². The normalized spacial score (nSPS) is 19.0. The highest BCUT2D eigenvalue weighted by Crippen LogP contribution is 2.18. The molecule has 0 saturated carbocycles. The number of esters is 1. The summed E-state index contributed by atoms with van der Waals surface area (Å²) in [6.07, 6.45) is 0.492. The van der Waals surface area contributed by atoms with Gasteiger partial charge in [-0.3, -0.25) is 4.79 Å². The Balaban J connectivity index is 2.13. The monoisotopic (exact) mass is 223 g/mol. The molecule has 4 heteroatoms. The van der Waals surface area contributed by atoms with Gasteiger partial charge in [-0.15, -0.1) is 0 Å². The molecule has 0 spiro atoms. The molecule has 1 aliphatic heterocycles. The molecule has 0 unspecified atom stereocenters. The molecule has 0 fully saturated rings. The van der Waals surface area contributed by atoms with Crippen LogP contribution in [0.3, 0.4) is 0 Å². The third kappa shape index (κ3) is 2.22. The molecular weight excluding hydrogens is 209 g/mol. The number of benzene rings is 1. The third-order valence-corrected chi connectivity index (χ3v) is 2.70. The molecular formula is C12H14FNO2. The molecule has 1 aromatic rings. The van der Waals surface area contributed by atoms with Gasteiger partial charge in [-0.05, 0) is 36.6 Å². The molecule has 1 N–H and O–H groups in total. The average molecular weight is 223 g/mol. The second-order valence-corrected chi connectivity index (χ2v) is 3.80. The summed E-state index contributed by atoms with van der Waals surface area (Å²) >= 11 is 0. The quantitative estimate of drug-likeness (QED) is 0.770. The molecule has 0 radical (unpaired) electrons. The lowest BCUT2D eigenvalue weighted by Crippen LogP contribution is -2.42. The van der Waals surface area contributed by atoms with Crippen LogP contribution in [-0.4, -0.2) is 18.6 Å². The van der Waals surface area contributed by atoms with Crippen LogP contribution in [0.25, 0.3) is 0 Å². The molecule has 1 heterocycles. The van der Waals surface area contributed by atoms with Crippen molar-refractivity contribution in [1.29, 1.82) is 0 Å². The summed E-state index contributed by atoms with van der Waals surface area (Å²) in [5.74, 6) is -0.527. The summed E-state index contributed by atoms with van der Waals surface area (Å²) in [6.45, 7) is 2.72. The predicted molar refractivity (Wildman–Crippen MR) is 57.4 cm³/mol. The number of nitrogens with one attached hydrogen (secondary N) is 1. The molecule has 0 amide bonds.